The van der Waals surface area contributed by atoms with Gasteiger partial charge in [-0.3, -0.25) is 9.59 Å². The molecule has 0 radical (unpaired) electrons. The van der Waals surface area contributed by atoms with Crippen molar-refractivity contribution in [3.63, 3.8) is 0 Å². The average molecular weight is 536 g/mol. The summed E-state index contributed by atoms with van der Waals surface area (Å²) in [4.78, 5) is 39.4. The molecular weight excluding hydrogens is 506 g/mol. The van der Waals surface area contributed by atoms with Crippen LogP contribution in [0.2, 0.25) is 0 Å². The van der Waals surface area contributed by atoms with Crippen molar-refractivity contribution < 1.29 is 33.3 Å². The molecule has 8 nitrogen and oxygen atoms in total. The first-order valence-electron chi connectivity index (χ1n) is 11.2. The monoisotopic (exact) mass is 535 g/mol. The van der Waals surface area contributed by atoms with Crippen molar-refractivity contribution in [3.8, 4) is 11.5 Å². The van der Waals surface area contributed by atoms with E-state index in [1.165, 1.54) is 14.2 Å². The Morgan fingerprint density at radius 2 is 1.88 bits per heavy atom. The number of rotatable bonds is 7. The minimum Gasteiger partial charge on any atom is -0.492 e. The molecule has 1 N–H and O–H groups in total. The Morgan fingerprint density at radius 1 is 1.18 bits per heavy atom. The van der Waals surface area contributed by atoms with Gasteiger partial charge in [0.1, 0.15) is 5.92 Å². The van der Waals surface area contributed by atoms with Gasteiger partial charge in [-0.2, -0.15) is 0 Å². The van der Waals surface area contributed by atoms with E-state index in [0.29, 0.717) is 57.1 Å². The van der Waals surface area contributed by atoms with Crippen molar-refractivity contribution in [2.45, 2.75) is 40.0 Å². The van der Waals surface area contributed by atoms with Crippen LogP contribution in [0.15, 0.2) is 39.1 Å². The maximum Gasteiger partial charge on any atom is 0.336 e. The van der Waals surface area contributed by atoms with Crippen molar-refractivity contribution in [1.82, 2.24) is 5.32 Å². The van der Waals surface area contributed by atoms with Gasteiger partial charge in [0.2, 0.25) is 0 Å². The maximum atomic E-state index is 13.8. The molecule has 3 atom stereocenters. The van der Waals surface area contributed by atoms with Gasteiger partial charge in [-0.15, -0.1) is 0 Å². The van der Waals surface area contributed by atoms with E-state index < -0.39 is 23.8 Å². The molecule has 1 aromatic carbocycles. The second-order valence-corrected chi connectivity index (χ2v) is 9.08. The summed E-state index contributed by atoms with van der Waals surface area (Å²) in [7, 11) is 2.81. The molecular formula is C25H30BrNO7. The molecule has 0 saturated carbocycles. The number of allylic oxidation sites excluding steroid dienone is 3. The molecule has 1 aliphatic carbocycles. The third kappa shape index (κ3) is 4.58. The molecule has 0 aromatic heterocycles. The SMILES string of the molecule is CCOC(=O)C1=C(C)NC2=C(C(=O)[C@H](C(=O)OC)[C@H](C)C2)[C@@H]1c1cc(Br)c(OC)c(OCC)c1. The normalized spacial score (nSPS) is 22.1. The van der Waals surface area contributed by atoms with Gasteiger partial charge in [0.25, 0.3) is 0 Å². The van der Waals surface area contributed by atoms with Gasteiger partial charge < -0.3 is 24.3 Å². The number of carbonyl (C=O) groups excluding carboxylic acids is 3. The van der Waals surface area contributed by atoms with E-state index >= 15 is 0 Å². The van der Waals surface area contributed by atoms with E-state index in [4.69, 9.17) is 18.9 Å². The van der Waals surface area contributed by atoms with E-state index in [1.807, 2.05) is 13.8 Å². The number of benzene rings is 1. The molecule has 0 spiro atoms. The average Bonchev–Trinajstić information content (AvgIpc) is 2.78. The minimum absolute atomic E-state index is 0.181. The second kappa shape index (κ2) is 10.6. The van der Waals surface area contributed by atoms with Crippen molar-refractivity contribution in [1.29, 1.82) is 0 Å². The highest BCUT2D eigenvalue weighted by atomic mass is 79.9. The molecule has 9 heteroatoms. The van der Waals surface area contributed by atoms with Gasteiger partial charge in [-0.1, -0.05) is 6.92 Å². The highest BCUT2D eigenvalue weighted by Gasteiger charge is 2.47. The molecule has 1 aliphatic heterocycles. The third-order valence-corrected chi connectivity index (χ3v) is 6.70. The zero-order chi connectivity index (χ0) is 25.2. The first kappa shape index (κ1) is 25.8. The number of carbonyl (C=O) groups is 3. The third-order valence-electron chi connectivity index (χ3n) is 6.11. The van der Waals surface area contributed by atoms with E-state index in [0.717, 1.165) is 0 Å². The lowest BCUT2D eigenvalue weighted by molar-refractivity contribution is -0.151. The van der Waals surface area contributed by atoms with Gasteiger partial charge >= 0.3 is 11.9 Å². The summed E-state index contributed by atoms with van der Waals surface area (Å²) in [5, 5.41) is 3.24. The standard InChI is InChI=1S/C25H30BrNO7/c1-7-33-17-11-14(10-15(26)23(17)31-5)20-19(25(30)34-8-2)13(4)27-16-9-12(3)18(24(29)32-6)22(28)21(16)20/h10-12,18,20,27H,7-9H2,1-6H3/t12-,18-,20-/m1/s1. The number of dihydropyridines is 1. The summed E-state index contributed by atoms with van der Waals surface area (Å²) in [6.45, 7) is 7.78. The van der Waals surface area contributed by atoms with Crippen LogP contribution in [0.4, 0.5) is 0 Å². The number of hydrogen-bond donors (Lipinski definition) is 1. The summed E-state index contributed by atoms with van der Waals surface area (Å²) in [6.07, 6.45) is 0.459. The summed E-state index contributed by atoms with van der Waals surface area (Å²) < 4.78 is 22.2. The summed E-state index contributed by atoms with van der Waals surface area (Å²) in [5.74, 6) is -2.48. The Bertz CT molecular complexity index is 1080. The predicted molar refractivity (Wildman–Crippen MR) is 128 cm³/mol. The minimum atomic E-state index is -0.956. The Morgan fingerprint density at radius 3 is 2.47 bits per heavy atom. The smallest absolute Gasteiger partial charge is 0.336 e. The molecule has 1 aromatic rings. The summed E-state index contributed by atoms with van der Waals surface area (Å²) in [6, 6.07) is 3.56. The van der Waals surface area contributed by atoms with E-state index in [-0.39, 0.29) is 18.3 Å². The second-order valence-electron chi connectivity index (χ2n) is 8.22. The first-order valence-corrected chi connectivity index (χ1v) is 12.0. The van der Waals surface area contributed by atoms with Crippen LogP contribution in [0.3, 0.4) is 0 Å². The van der Waals surface area contributed by atoms with Gasteiger partial charge in [-0.25, -0.2) is 4.79 Å². The number of halogens is 1. The molecule has 1 heterocycles. The lowest BCUT2D eigenvalue weighted by atomic mass is 9.69. The quantitative estimate of drug-likeness (QED) is 0.412. The Balaban J connectivity index is 2.27. The number of hydrogen-bond acceptors (Lipinski definition) is 8. The number of methoxy groups -OCH3 is 2. The zero-order valence-corrected chi connectivity index (χ0v) is 21.8. The molecule has 2 aliphatic rings. The largest absolute Gasteiger partial charge is 0.492 e. The maximum absolute atomic E-state index is 13.8. The topological polar surface area (TPSA) is 100 Å². The Labute approximate surface area is 207 Å². The molecule has 0 unspecified atom stereocenters. The molecule has 0 bridgehead atoms. The van der Waals surface area contributed by atoms with Crippen LogP contribution in [0, 0.1) is 11.8 Å². The van der Waals surface area contributed by atoms with Crippen molar-refractivity contribution in [2.75, 3.05) is 27.4 Å². The fraction of sp³-hybridized carbons (Fsp3) is 0.480. The van der Waals surface area contributed by atoms with E-state index in [1.54, 1.807) is 26.0 Å². The highest BCUT2D eigenvalue weighted by molar-refractivity contribution is 9.10. The van der Waals surface area contributed by atoms with Crippen LogP contribution in [0.25, 0.3) is 0 Å². The number of ketones is 1. The highest BCUT2D eigenvalue weighted by Crippen LogP contribution is 2.48. The number of nitrogens with one attached hydrogen (secondary N) is 1. The van der Waals surface area contributed by atoms with Gasteiger partial charge in [0.05, 0.1) is 37.5 Å². The van der Waals surface area contributed by atoms with Gasteiger partial charge in [0, 0.05) is 22.9 Å². The zero-order valence-electron chi connectivity index (χ0n) is 20.2. The van der Waals surface area contributed by atoms with Gasteiger partial charge in [0.15, 0.2) is 17.3 Å². The van der Waals surface area contributed by atoms with E-state index in [9.17, 15) is 14.4 Å². The first-order chi connectivity index (χ1) is 16.2. The van der Waals surface area contributed by atoms with Crippen molar-refractivity contribution >= 4 is 33.7 Å². The van der Waals surface area contributed by atoms with Crippen LogP contribution in [0.5, 0.6) is 11.5 Å². The molecule has 34 heavy (non-hydrogen) atoms. The van der Waals surface area contributed by atoms with Gasteiger partial charge in [-0.05, 0) is 66.7 Å². The van der Waals surface area contributed by atoms with Crippen LogP contribution >= 0.6 is 15.9 Å². The molecule has 0 fully saturated rings. The van der Waals surface area contributed by atoms with Crippen molar-refractivity contribution in [2.24, 2.45) is 11.8 Å². The molecule has 0 amide bonds. The molecule has 3 rings (SSSR count). The number of Topliss-reactive ketones (excluding diaryl/α,β-unsaturated/α-hetero) is 1. The Kier molecular flexibility index (Phi) is 8.07. The fourth-order valence-corrected chi connectivity index (χ4v) is 5.33. The summed E-state index contributed by atoms with van der Waals surface area (Å²) in [5.41, 5.74) is 2.61. The van der Waals surface area contributed by atoms with Crippen LogP contribution in [0.1, 0.15) is 45.6 Å². The lowest BCUT2D eigenvalue weighted by Crippen LogP contribution is -2.43. The van der Waals surface area contributed by atoms with Crippen molar-refractivity contribution in [3.05, 3.63) is 44.7 Å². The fourth-order valence-electron chi connectivity index (χ4n) is 4.71. The van der Waals surface area contributed by atoms with Crippen LogP contribution in [-0.2, 0) is 23.9 Å². The Hall–Kier alpha value is -2.81. The predicted octanol–water partition coefficient (Wildman–Crippen LogP) is 4.03. The number of esters is 2. The lowest BCUT2D eigenvalue weighted by Gasteiger charge is -2.38. The number of ether oxygens (including phenoxy) is 4. The van der Waals surface area contributed by atoms with Crippen LogP contribution in [-0.4, -0.2) is 45.2 Å². The van der Waals surface area contributed by atoms with Crippen LogP contribution < -0.4 is 14.8 Å². The summed E-state index contributed by atoms with van der Waals surface area (Å²) >= 11 is 3.53. The van der Waals surface area contributed by atoms with E-state index in [2.05, 4.69) is 21.2 Å². The molecule has 0 saturated heterocycles. The molecule has 184 valence electrons.